The number of nitrogens with two attached hydrogens (primary N) is 1. The normalized spacial score (nSPS) is 18.6. The standard InChI is InChI=1S/C21H26ClN5O3/c1-3-27(16-7-5-4-6-15(16)22)20(29)13-8-10-14(11-9-13)26(2)21(30)18-17(19(23)28)24-12-25-18/h4-7,12-14H,3,8-11H2,1-2H3,(H2,23,28)(H,24,25). The van der Waals surface area contributed by atoms with Gasteiger partial charge in [0, 0.05) is 25.6 Å². The Kier molecular flexibility index (Phi) is 6.77. The molecule has 0 spiro atoms. The van der Waals surface area contributed by atoms with Gasteiger partial charge in [-0.2, -0.15) is 0 Å². The number of halogens is 1. The first-order chi connectivity index (χ1) is 14.3. The van der Waals surface area contributed by atoms with Gasteiger partial charge in [0.15, 0.2) is 5.69 Å². The van der Waals surface area contributed by atoms with Crippen molar-refractivity contribution in [3.05, 3.63) is 47.0 Å². The van der Waals surface area contributed by atoms with Crippen molar-refractivity contribution in [3.63, 3.8) is 0 Å². The topological polar surface area (TPSA) is 112 Å². The molecule has 160 valence electrons. The summed E-state index contributed by atoms with van der Waals surface area (Å²) in [7, 11) is 1.70. The average Bonchev–Trinajstić information content (AvgIpc) is 3.25. The number of nitrogens with one attached hydrogen (secondary N) is 1. The first-order valence-corrected chi connectivity index (χ1v) is 10.4. The third-order valence-electron chi connectivity index (χ3n) is 5.73. The van der Waals surface area contributed by atoms with Gasteiger partial charge in [-0.15, -0.1) is 0 Å². The number of imidazole rings is 1. The summed E-state index contributed by atoms with van der Waals surface area (Å²) < 4.78 is 0. The lowest BCUT2D eigenvalue weighted by Crippen LogP contribution is -2.43. The van der Waals surface area contributed by atoms with E-state index < -0.39 is 5.91 Å². The molecule has 1 heterocycles. The van der Waals surface area contributed by atoms with Crippen molar-refractivity contribution >= 4 is 35.0 Å². The number of benzene rings is 1. The van der Waals surface area contributed by atoms with Crippen LogP contribution in [0.1, 0.15) is 53.6 Å². The summed E-state index contributed by atoms with van der Waals surface area (Å²) in [6.45, 7) is 2.47. The fraction of sp³-hybridized carbons (Fsp3) is 0.429. The second-order valence-corrected chi connectivity index (χ2v) is 7.85. The number of aromatic nitrogens is 2. The molecule has 1 fully saturated rings. The van der Waals surface area contributed by atoms with Crippen LogP contribution in [0.2, 0.25) is 5.02 Å². The quantitative estimate of drug-likeness (QED) is 0.732. The fourth-order valence-electron chi connectivity index (χ4n) is 4.03. The molecule has 30 heavy (non-hydrogen) atoms. The van der Waals surface area contributed by atoms with Crippen molar-refractivity contribution in [2.45, 2.75) is 38.6 Å². The van der Waals surface area contributed by atoms with Crippen LogP contribution < -0.4 is 10.6 Å². The van der Waals surface area contributed by atoms with Gasteiger partial charge in [-0.25, -0.2) is 4.98 Å². The molecule has 0 radical (unpaired) electrons. The summed E-state index contributed by atoms with van der Waals surface area (Å²) in [6, 6.07) is 7.31. The van der Waals surface area contributed by atoms with E-state index in [1.807, 2.05) is 25.1 Å². The first kappa shape index (κ1) is 21.8. The molecule has 3 amide bonds. The van der Waals surface area contributed by atoms with Crippen LogP contribution in [0, 0.1) is 5.92 Å². The maximum atomic E-state index is 13.1. The smallest absolute Gasteiger partial charge is 0.272 e. The average molecular weight is 432 g/mol. The summed E-state index contributed by atoms with van der Waals surface area (Å²) in [4.78, 5) is 47.2. The Labute approximate surface area is 180 Å². The van der Waals surface area contributed by atoms with Crippen molar-refractivity contribution in [1.29, 1.82) is 0 Å². The number of hydrogen-bond acceptors (Lipinski definition) is 4. The number of aromatic amines is 1. The number of carbonyl (C=O) groups excluding carboxylic acids is 3. The molecule has 0 saturated heterocycles. The summed E-state index contributed by atoms with van der Waals surface area (Å²) >= 11 is 6.29. The van der Waals surface area contributed by atoms with Gasteiger partial charge in [0.05, 0.1) is 17.0 Å². The van der Waals surface area contributed by atoms with Gasteiger partial charge < -0.3 is 20.5 Å². The van der Waals surface area contributed by atoms with Gasteiger partial charge >= 0.3 is 0 Å². The number of hydrogen-bond donors (Lipinski definition) is 2. The highest BCUT2D eigenvalue weighted by Gasteiger charge is 2.34. The van der Waals surface area contributed by atoms with E-state index in [-0.39, 0.29) is 35.2 Å². The SMILES string of the molecule is CCN(C(=O)C1CCC(N(C)C(=O)c2[nH]cnc2C(N)=O)CC1)c1ccccc1Cl. The van der Waals surface area contributed by atoms with Gasteiger partial charge in [-0.05, 0) is 44.7 Å². The van der Waals surface area contributed by atoms with E-state index >= 15 is 0 Å². The molecule has 8 nitrogen and oxygen atoms in total. The second kappa shape index (κ2) is 9.30. The Morgan fingerprint density at radius 3 is 2.47 bits per heavy atom. The third-order valence-corrected chi connectivity index (χ3v) is 6.05. The minimum atomic E-state index is -0.749. The zero-order valence-electron chi connectivity index (χ0n) is 17.1. The van der Waals surface area contributed by atoms with E-state index in [2.05, 4.69) is 9.97 Å². The molecule has 0 aliphatic heterocycles. The first-order valence-electron chi connectivity index (χ1n) is 10.0. The molecule has 1 aromatic carbocycles. The zero-order valence-corrected chi connectivity index (χ0v) is 17.9. The Morgan fingerprint density at radius 1 is 1.20 bits per heavy atom. The van der Waals surface area contributed by atoms with Crippen molar-refractivity contribution in [2.24, 2.45) is 11.7 Å². The van der Waals surface area contributed by atoms with Gasteiger partial charge in [0.2, 0.25) is 5.91 Å². The molecule has 1 aliphatic rings. The number of anilines is 1. The lowest BCUT2D eigenvalue weighted by molar-refractivity contribution is -0.123. The summed E-state index contributed by atoms with van der Waals surface area (Å²) in [5, 5.41) is 0.552. The number of H-pyrrole nitrogens is 1. The number of carbonyl (C=O) groups is 3. The van der Waals surface area contributed by atoms with Crippen LogP contribution in [0.5, 0.6) is 0 Å². The van der Waals surface area contributed by atoms with Crippen LogP contribution in [-0.4, -0.2) is 52.2 Å². The maximum absolute atomic E-state index is 13.1. The molecular formula is C21H26ClN5O3. The van der Waals surface area contributed by atoms with Crippen molar-refractivity contribution in [2.75, 3.05) is 18.5 Å². The van der Waals surface area contributed by atoms with Gasteiger partial charge in [0.25, 0.3) is 11.8 Å². The van der Waals surface area contributed by atoms with Crippen LogP contribution in [-0.2, 0) is 4.79 Å². The van der Waals surface area contributed by atoms with Gasteiger partial charge in [0.1, 0.15) is 5.69 Å². The number of primary amides is 1. The second-order valence-electron chi connectivity index (χ2n) is 7.45. The predicted molar refractivity (Wildman–Crippen MR) is 114 cm³/mol. The van der Waals surface area contributed by atoms with Crippen LogP contribution in [0.25, 0.3) is 0 Å². The number of amides is 3. The third kappa shape index (κ3) is 4.33. The lowest BCUT2D eigenvalue weighted by Gasteiger charge is -2.36. The van der Waals surface area contributed by atoms with E-state index in [0.717, 1.165) is 5.69 Å². The van der Waals surface area contributed by atoms with E-state index in [9.17, 15) is 14.4 Å². The summed E-state index contributed by atoms with van der Waals surface area (Å²) in [5.41, 5.74) is 6.04. The molecule has 9 heteroatoms. The number of rotatable bonds is 6. The molecule has 0 bridgehead atoms. The summed E-state index contributed by atoms with van der Waals surface area (Å²) in [6.07, 6.45) is 4.02. The van der Waals surface area contributed by atoms with Crippen molar-refractivity contribution in [1.82, 2.24) is 14.9 Å². The van der Waals surface area contributed by atoms with E-state index in [1.54, 1.807) is 22.9 Å². The molecule has 0 unspecified atom stereocenters. The van der Waals surface area contributed by atoms with Gasteiger partial charge in [-0.1, -0.05) is 23.7 Å². The highest BCUT2D eigenvalue weighted by Crippen LogP contribution is 2.32. The van der Waals surface area contributed by atoms with Gasteiger partial charge in [-0.3, -0.25) is 14.4 Å². The van der Waals surface area contributed by atoms with Crippen LogP contribution in [0.3, 0.4) is 0 Å². The minimum Gasteiger partial charge on any atom is -0.364 e. The lowest BCUT2D eigenvalue weighted by atomic mass is 9.84. The minimum absolute atomic E-state index is 0.0269. The molecule has 1 aliphatic carbocycles. The molecule has 3 N–H and O–H groups in total. The summed E-state index contributed by atoms with van der Waals surface area (Å²) in [5.74, 6) is -1.14. The highest BCUT2D eigenvalue weighted by molar-refractivity contribution is 6.33. The van der Waals surface area contributed by atoms with E-state index in [1.165, 1.54) is 6.33 Å². The Hall–Kier alpha value is -2.87. The maximum Gasteiger partial charge on any atom is 0.272 e. The van der Waals surface area contributed by atoms with E-state index in [4.69, 9.17) is 17.3 Å². The predicted octanol–water partition coefficient (Wildman–Crippen LogP) is 2.85. The molecule has 3 rings (SSSR count). The Bertz CT molecular complexity index is 936. The fourth-order valence-corrected chi connectivity index (χ4v) is 4.27. The Morgan fingerprint density at radius 2 is 1.87 bits per heavy atom. The van der Waals surface area contributed by atoms with Crippen LogP contribution in [0.15, 0.2) is 30.6 Å². The van der Waals surface area contributed by atoms with E-state index in [0.29, 0.717) is 37.3 Å². The molecule has 1 aromatic heterocycles. The molecule has 1 saturated carbocycles. The van der Waals surface area contributed by atoms with Crippen LogP contribution >= 0.6 is 11.6 Å². The number of nitrogens with zero attached hydrogens (tertiary/aromatic N) is 3. The molecular weight excluding hydrogens is 406 g/mol. The van der Waals surface area contributed by atoms with Crippen LogP contribution in [0.4, 0.5) is 5.69 Å². The molecule has 2 aromatic rings. The highest BCUT2D eigenvalue weighted by atomic mass is 35.5. The monoisotopic (exact) mass is 431 g/mol. The van der Waals surface area contributed by atoms with Crippen molar-refractivity contribution < 1.29 is 14.4 Å². The molecule has 0 atom stereocenters. The largest absolute Gasteiger partial charge is 0.364 e. The number of para-hydroxylation sites is 1. The zero-order chi connectivity index (χ0) is 21.8. The Balaban J connectivity index is 1.64. The van der Waals surface area contributed by atoms with Crippen molar-refractivity contribution in [3.8, 4) is 0 Å².